The van der Waals surface area contributed by atoms with Gasteiger partial charge >= 0.3 is 0 Å². The number of halogens is 1. The van der Waals surface area contributed by atoms with Crippen LogP contribution in [0.2, 0.25) is 0 Å². The molecule has 0 aliphatic rings. The minimum Gasteiger partial charge on any atom is -0.497 e. The third-order valence-corrected chi connectivity index (χ3v) is 5.78. The van der Waals surface area contributed by atoms with E-state index in [0.29, 0.717) is 6.61 Å². The molecule has 0 heterocycles. The number of methoxy groups -OCH3 is 1. The predicted octanol–water partition coefficient (Wildman–Crippen LogP) is 5.42. The lowest BCUT2D eigenvalue weighted by Gasteiger charge is -2.32. The fraction of sp³-hybridized carbons (Fsp3) is 0.520. The third kappa shape index (κ3) is 7.50. The Labute approximate surface area is 187 Å². The SMILES string of the molecule is COc1cccc(CCc2ccccc2O[C@@H](C(C)OCC(C)C(C)Cl)N(C)C)c1. The van der Waals surface area contributed by atoms with Crippen LogP contribution in [0.1, 0.15) is 31.9 Å². The second-order valence-corrected chi connectivity index (χ2v) is 8.81. The summed E-state index contributed by atoms with van der Waals surface area (Å²) in [6.07, 6.45) is 1.52. The molecule has 2 aromatic carbocycles. The van der Waals surface area contributed by atoms with Crippen LogP contribution in [0.4, 0.5) is 0 Å². The van der Waals surface area contributed by atoms with Crippen LogP contribution in [0.25, 0.3) is 0 Å². The van der Waals surface area contributed by atoms with Crippen LogP contribution in [0.3, 0.4) is 0 Å². The molecule has 4 atom stereocenters. The second kappa shape index (κ2) is 12.2. The number of aryl methyl sites for hydroxylation is 2. The molecule has 0 aromatic heterocycles. The average Bonchev–Trinajstić information content (AvgIpc) is 2.74. The summed E-state index contributed by atoms with van der Waals surface area (Å²) in [6, 6.07) is 16.4. The maximum absolute atomic E-state index is 6.44. The molecule has 30 heavy (non-hydrogen) atoms. The standard InChI is InChI=1S/C25H36ClNO3/c1-18(19(2)26)17-29-20(3)25(27(4)5)30-24-13-8-7-11-22(24)15-14-21-10-9-12-23(16-21)28-6/h7-13,16,18-20,25H,14-15,17H2,1-6H3/t18?,19?,20?,25-/m0/s1. The minimum atomic E-state index is -0.194. The summed E-state index contributed by atoms with van der Waals surface area (Å²) >= 11 is 6.18. The molecule has 2 aromatic rings. The Balaban J connectivity index is 2.06. The fourth-order valence-corrected chi connectivity index (χ4v) is 3.27. The van der Waals surface area contributed by atoms with Gasteiger partial charge in [0.25, 0.3) is 0 Å². The van der Waals surface area contributed by atoms with E-state index in [1.165, 1.54) is 11.1 Å². The van der Waals surface area contributed by atoms with Crippen molar-refractivity contribution < 1.29 is 14.2 Å². The quantitative estimate of drug-likeness (QED) is 0.330. The Morgan fingerprint density at radius 3 is 2.37 bits per heavy atom. The number of rotatable bonds is 12. The molecule has 3 unspecified atom stereocenters. The number of hydrogen-bond acceptors (Lipinski definition) is 4. The highest BCUT2D eigenvalue weighted by Gasteiger charge is 2.24. The van der Waals surface area contributed by atoms with E-state index < -0.39 is 0 Å². The van der Waals surface area contributed by atoms with Crippen molar-refractivity contribution in [3.63, 3.8) is 0 Å². The molecule has 0 N–H and O–H groups in total. The zero-order chi connectivity index (χ0) is 22.1. The number of benzene rings is 2. The molecule has 0 aliphatic heterocycles. The van der Waals surface area contributed by atoms with Crippen molar-refractivity contribution >= 4 is 11.6 Å². The van der Waals surface area contributed by atoms with Crippen molar-refractivity contribution in [2.24, 2.45) is 5.92 Å². The van der Waals surface area contributed by atoms with Gasteiger partial charge in [-0.05, 0) is 76.0 Å². The van der Waals surface area contributed by atoms with Gasteiger partial charge in [0.1, 0.15) is 17.6 Å². The molecule has 0 amide bonds. The minimum absolute atomic E-state index is 0.0771. The molecular weight excluding hydrogens is 398 g/mol. The number of alkyl halides is 1. The van der Waals surface area contributed by atoms with Crippen molar-refractivity contribution in [1.29, 1.82) is 0 Å². The number of hydrogen-bond donors (Lipinski definition) is 0. The van der Waals surface area contributed by atoms with Crippen molar-refractivity contribution in [3.05, 3.63) is 59.7 Å². The zero-order valence-corrected chi connectivity index (χ0v) is 19.9. The van der Waals surface area contributed by atoms with Crippen LogP contribution in [-0.4, -0.2) is 50.4 Å². The van der Waals surface area contributed by atoms with Gasteiger partial charge in [-0.2, -0.15) is 0 Å². The first-order valence-electron chi connectivity index (χ1n) is 10.6. The third-order valence-electron chi connectivity index (χ3n) is 5.35. The summed E-state index contributed by atoms with van der Waals surface area (Å²) in [4.78, 5) is 2.05. The van der Waals surface area contributed by atoms with Gasteiger partial charge in [0.15, 0.2) is 6.23 Å². The summed E-state index contributed by atoms with van der Waals surface area (Å²) < 4.78 is 17.9. The molecule has 0 spiro atoms. The van der Waals surface area contributed by atoms with Crippen molar-refractivity contribution in [1.82, 2.24) is 4.90 Å². The highest BCUT2D eigenvalue weighted by molar-refractivity contribution is 6.20. The summed E-state index contributed by atoms with van der Waals surface area (Å²) in [7, 11) is 5.72. The van der Waals surface area contributed by atoms with Crippen molar-refractivity contribution in [3.8, 4) is 11.5 Å². The molecule has 0 saturated heterocycles. The van der Waals surface area contributed by atoms with Crippen molar-refractivity contribution in [2.45, 2.75) is 51.3 Å². The van der Waals surface area contributed by atoms with Crippen LogP contribution >= 0.6 is 11.6 Å². The number of nitrogens with zero attached hydrogens (tertiary/aromatic N) is 1. The van der Waals surface area contributed by atoms with E-state index in [0.717, 1.165) is 24.3 Å². The molecule has 4 nitrogen and oxygen atoms in total. The highest BCUT2D eigenvalue weighted by atomic mass is 35.5. The van der Waals surface area contributed by atoms with Gasteiger partial charge in [-0.1, -0.05) is 37.3 Å². The number of ether oxygens (including phenoxy) is 3. The Bertz CT molecular complexity index is 766. The monoisotopic (exact) mass is 433 g/mol. The molecule has 0 saturated carbocycles. The first kappa shape index (κ1) is 24.5. The first-order valence-corrected chi connectivity index (χ1v) is 11.0. The van der Waals surface area contributed by atoms with Gasteiger partial charge in [-0.3, -0.25) is 4.90 Å². The highest BCUT2D eigenvalue weighted by Crippen LogP contribution is 2.24. The molecule has 5 heteroatoms. The number of para-hydroxylation sites is 1. The van der Waals surface area contributed by atoms with E-state index in [1.54, 1.807) is 7.11 Å². The molecule has 0 bridgehead atoms. The molecule has 0 aliphatic carbocycles. The molecule has 2 rings (SSSR count). The van der Waals surface area contributed by atoms with E-state index in [-0.39, 0.29) is 23.6 Å². The van der Waals surface area contributed by atoms with E-state index in [2.05, 4.69) is 43.0 Å². The van der Waals surface area contributed by atoms with Crippen LogP contribution in [0, 0.1) is 5.92 Å². The van der Waals surface area contributed by atoms with E-state index in [9.17, 15) is 0 Å². The zero-order valence-electron chi connectivity index (χ0n) is 19.1. The molecule has 166 valence electrons. The van der Waals surface area contributed by atoms with Gasteiger partial charge in [0.05, 0.1) is 13.7 Å². The molecule has 0 fully saturated rings. The van der Waals surface area contributed by atoms with E-state index in [4.69, 9.17) is 25.8 Å². The topological polar surface area (TPSA) is 30.9 Å². The lowest BCUT2D eigenvalue weighted by Crippen LogP contribution is -2.44. The largest absolute Gasteiger partial charge is 0.497 e. The van der Waals surface area contributed by atoms with Gasteiger partial charge < -0.3 is 14.2 Å². The van der Waals surface area contributed by atoms with Crippen LogP contribution in [-0.2, 0) is 17.6 Å². The van der Waals surface area contributed by atoms with Crippen LogP contribution in [0.15, 0.2) is 48.5 Å². The lowest BCUT2D eigenvalue weighted by atomic mass is 10.0. The summed E-state index contributed by atoms with van der Waals surface area (Å²) in [5.41, 5.74) is 2.43. The van der Waals surface area contributed by atoms with E-state index in [1.807, 2.05) is 45.3 Å². The van der Waals surface area contributed by atoms with Crippen molar-refractivity contribution in [2.75, 3.05) is 27.8 Å². The smallest absolute Gasteiger partial charge is 0.178 e. The van der Waals surface area contributed by atoms with Gasteiger partial charge in [0.2, 0.25) is 0 Å². The average molecular weight is 434 g/mol. The number of likely N-dealkylation sites (N-methyl/N-ethyl adjacent to an activating group) is 1. The van der Waals surface area contributed by atoms with Gasteiger partial charge in [-0.25, -0.2) is 0 Å². The summed E-state index contributed by atoms with van der Waals surface area (Å²) in [5.74, 6) is 2.07. The maximum Gasteiger partial charge on any atom is 0.178 e. The van der Waals surface area contributed by atoms with Gasteiger partial charge in [0, 0.05) is 5.38 Å². The fourth-order valence-electron chi connectivity index (χ4n) is 3.20. The first-order chi connectivity index (χ1) is 14.3. The Kier molecular flexibility index (Phi) is 9.96. The Morgan fingerprint density at radius 2 is 1.70 bits per heavy atom. The van der Waals surface area contributed by atoms with E-state index >= 15 is 0 Å². The Morgan fingerprint density at radius 1 is 0.967 bits per heavy atom. The van der Waals surface area contributed by atoms with Crippen LogP contribution < -0.4 is 9.47 Å². The second-order valence-electron chi connectivity index (χ2n) is 8.12. The summed E-state index contributed by atoms with van der Waals surface area (Å²) in [5, 5.41) is 0.0771. The summed E-state index contributed by atoms with van der Waals surface area (Å²) in [6.45, 7) is 6.76. The Hall–Kier alpha value is -1.75. The predicted molar refractivity (Wildman–Crippen MR) is 125 cm³/mol. The maximum atomic E-state index is 6.44. The normalized spacial score (nSPS) is 15.5. The lowest BCUT2D eigenvalue weighted by molar-refractivity contribution is -0.0801. The van der Waals surface area contributed by atoms with Gasteiger partial charge in [-0.15, -0.1) is 11.6 Å². The molecule has 0 radical (unpaired) electrons. The van der Waals surface area contributed by atoms with Crippen LogP contribution in [0.5, 0.6) is 11.5 Å². The molecular formula is C25H36ClNO3.